The van der Waals surface area contributed by atoms with Gasteiger partial charge in [0.15, 0.2) is 15.8 Å². The number of hydrogen-bond acceptors (Lipinski definition) is 5. The molecule has 0 bridgehead atoms. The average Bonchev–Trinajstić information content (AvgIpc) is 2.65. The lowest BCUT2D eigenvalue weighted by molar-refractivity contribution is 0.594. The number of aromatic nitrogens is 1. The second kappa shape index (κ2) is 4.73. The molecule has 1 aromatic carbocycles. The molecule has 0 spiro atoms. The van der Waals surface area contributed by atoms with E-state index in [0.29, 0.717) is 16.6 Å². The zero-order valence-corrected chi connectivity index (χ0v) is 10.1. The first-order chi connectivity index (χ1) is 7.65. The molecule has 6 heteroatoms. The van der Waals surface area contributed by atoms with Gasteiger partial charge in [-0.25, -0.2) is 4.98 Å². The highest BCUT2D eigenvalue weighted by Gasteiger charge is 2.13. The highest BCUT2D eigenvalue weighted by molar-refractivity contribution is 7.90. The third-order valence-electron chi connectivity index (χ3n) is 1.99. The van der Waals surface area contributed by atoms with Crippen LogP contribution in [-0.4, -0.2) is 9.54 Å². The summed E-state index contributed by atoms with van der Waals surface area (Å²) in [6, 6.07) is 7.01. The number of rotatable bonds is 3. The molecule has 1 atom stereocenters. The van der Waals surface area contributed by atoms with Crippen molar-refractivity contribution in [1.82, 2.24) is 4.98 Å². The number of anilines is 2. The van der Waals surface area contributed by atoms with E-state index in [1.54, 1.807) is 24.3 Å². The summed E-state index contributed by atoms with van der Waals surface area (Å²) in [7, 11) is 0. The molecular weight excluding hydrogens is 242 g/mol. The molecule has 4 N–H and O–H groups in total. The molecule has 16 heavy (non-hydrogen) atoms. The Balaban J connectivity index is 2.08. The van der Waals surface area contributed by atoms with Gasteiger partial charge in [0.2, 0.25) is 0 Å². The lowest BCUT2D eigenvalue weighted by Crippen LogP contribution is -2.05. The van der Waals surface area contributed by atoms with Crippen LogP contribution in [0.25, 0.3) is 0 Å². The summed E-state index contributed by atoms with van der Waals surface area (Å²) < 4.78 is 11.9. The van der Waals surface area contributed by atoms with Crippen molar-refractivity contribution in [3.63, 3.8) is 0 Å². The molecule has 2 aromatic rings. The molecule has 0 saturated carbocycles. The third kappa shape index (κ3) is 2.66. The number of benzene rings is 1. The summed E-state index contributed by atoms with van der Waals surface area (Å²) in [5.74, 6) is 0.387. The van der Waals surface area contributed by atoms with Crippen LogP contribution in [0.1, 0.15) is 5.69 Å². The van der Waals surface area contributed by atoms with E-state index in [0.717, 1.165) is 10.6 Å². The van der Waals surface area contributed by atoms with Crippen molar-refractivity contribution in [3.05, 3.63) is 35.3 Å². The predicted octanol–water partition coefficient (Wildman–Crippen LogP) is 1.62. The van der Waals surface area contributed by atoms with Gasteiger partial charge >= 0.3 is 0 Å². The minimum Gasteiger partial charge on any atom is -0.611 e. The number of thiazole rings is 1. The molecule has 2 rings (SSSR count). The predicted molar refractivity (Wildman–Crippen MR) is 67.5 cm³/mol. The number of nitrogens with two attached hydrogens (primary N) is 2. The third-order valence-corrected chi connectivity index (χ3v) is 4.07. The van der Waals surface area contributed by atoms with E-state index in [-0.39, 0.29) is 0 Å². The molecular formula is C10H11N3OS2. The monoisotopic (exact) mass is 253 g/mol. The first-order valence-corrected chi connectivity index (χ1v) is 6.79. The van der Waals surface area contributed by atoms with Crippen LogP contribution in [0.5, 0.6) is 0 Å². The number of nitrogens with zero attached hydrogens (tertiary/aromatic N) is 1. The van der Waals surface area contributed by atoms with Crippen LogP contribution in [0.15, 0.2) is 34.5 Å². The van der Waals surface area contributed by atoms with E-state index in [9.17, 15) is 4.55 Å². The second-order valence-electron chi connectivity index (χ2n) is 3.24. The minimum atomic E-state index is -1.10. The van der Waals surface area contributed by atoms with Gasteiger partial charge in [0.25, 0.3) is 0 Å². The van der Waals surface area contributed by atoms with Crippen LogP contribution in [0.4, 0.5) is 10.8 Å². The molecule has 1 aromatic heterocycles. The Bertz CT molecular complexity index is 469. The summed E-state index contributed by atoms with van der Waals surface area (Å²) in [6.45, 7) is 0. The van der Waals surface area contributed by atoms with Crippen molar-refractivity contribution in [2.75, 3.05) is 11.5 Å². The van der Waals surface area contributed by atoms with Crippen LogP contribution < -0.4 is 11.5 Å². The summed E-state index contributed by atoms with van der Waals surface area (Å²) in [5.41, 5.74) is 12.5. The molecule has 0 amide bonds. The Morgan fingerprint density at radius 1 is 1.25 bits per heavy atom. The first kappa shape index (κ1) is 11.3. The van der Waals surface area contributed by atoms with E-state index in [1.165, 1.54) is 11.3 Å². The van der Waals surface area contributed by atoms with Gasteiger partial charge in [-0.1, -0.05) is 0 Å². The molecule has 0 fully saturated rings. The number of hydrogen-bond donors (Lipinski definition) is 2. The quantitative estimate of drug-likeness (QED) is 0.642. The normalized spacial score (nSPS) is 12.6. The van der Waals surface area contributed by atoms with E-state index in [4.69, 9.17) is 11.5 Å². The minimum absolute atomic E-state index is 0.387. The smallest absolute Gasteiger partial charge is 0.180 e. The highest BCUT2D eigenvalue weighted by atomic mass is 32.2. The van der Waals surface area contributed by atoms with Crippen LogP contribution in [0.2, 0.25) is 0 Å². The van der Waals surface area contributed by atoms with Gasteiger partial charge in [-0.3, -0.25) is 0 Å². The van der Waals surface area contributed by atoms with E-state index < -0.39 is 11.2 Å². The van der Waals surface area contributed by atoms with Gasteiger partial charge in [-0.15, -0.1) is 11.3 Å². The van der Waals surface area contributed by atoms with E-state index in [2.05, 4.69) is 4.98 Å². The van der Waals surface area contributed by atoms with Crippen LogP contribution in [0, 0.1) is 0 Å². The summed E-state index contributed by atoms with van der Waals surface area (Å²) in [6.07, 6.45) is 0. The molecule has 1 unspecified atom stereocenters. The fourth-order valence-corrected chi connectivity index (χ4v) is 2.92. The van der Waals surface area contributed by atoms with E-state index >= 15 is 0 Å². The molecule has 84 valence electrons. The maximum atomic E-state index is 11.9. The maximum Gasteiger partial charge on any atom is 0.180 e. The molecule has 0 aliphatic rings. The largest absolute Gasteiger partial charge is 0.611 e. The molecule has 0 radical (unpaired) electrons. The van der Waals surface area contributed by atoms with Gasteiger partial charge in [-0.2, -0.15) is 0 Å². The number of nitrogen functional groups attached to an aromatic ring is 2. The lowest BCUT2D eigenvalue weighted by atomic mass is 10.3. The molecule has 1 heterocycles. The molecule has 0 aliphatic carbocycles. The second-order valence-corrected chi connectivity index (χ2v) is 5.58. The summed E-state index contributed by atoms with van der Waals surface area (Å²) in [4.78, 5) is 4.82. The van der Waals surface area contributed by atoms with Crippen LogP contribution >= 0.6 is 11.3 Å². The van der Waals surface area contributed by atoms with Crippen LogP contribution in [-0.2, 0) is 16.9 Å². The van der Waals surface area contributed by atoms with E-state index in [1.807, 2.05) is 5.38 Å². The van der Waals surface area contributed by atoms with Gasteiger partial charge < -0.3 is 16.0 Å². The zero-order valence-electron chi connectivity index (χ0n) is 8.42. The average molecular weight is 253 g/mol. The lowest BCUT2D eigenvalue weighted by Gasteiger charge is -2.08. The van der Waals surface area contributed by atoms with Crippen LogP contribution in [0.3, 0.4) is 0 Å². The molecule has 0 saturated heterocycles. The van der Waals surface area contributed by atoms with Gasteiger partial charge in [0.05, 0.1) is 0 Å². The standard InChI is InChI=1S/C10H11N3OS2/c11-7-1-3-9(4-2-7)16(14)6-8-5-15-10(12)13-8/h1-5H,6,11H2,(H2,12,13). The first-order valence-electron chi connectivity index (χ1n) is 4.59. The zero-order chi connectivity index (χ0) is 11.5. The SMILES string of the molecule is Nc1ccc([S+]([O-])Cc2csc(N)n2)cc1. The van der Waals surface area contributed by atoms with Crippen molar-refractivity contribution in [3.8, 4) is 0 Å². The Kier molecular flexibility index (Phi) is 3.33. The van der Waals surface area contributed by atoms with Crippen molar-refractivity contribution < 1.29 is 4.55 Å². The van der Waals surface area contributed by atoms with Crippen molar-refractivity contribution in [1.29, 1.82) is 0 Å². The van der Waals surface area contributed by atoms with Gasteiger partial charge in [-0.05, 0) is 35.4 Å². The summed E-state index contributed by atoms with van der Waals surface area (Å²) in [5, 5.41) is 2.33. The van der Waals surface area contributed by atoms with Crippen molar-refractivity contribution in [2.24, 2.45) is 0 Å². The molecule has 0 aliphatic heterocycles. The maximum absolute atomic E-state index is 11.9. The summed E-state index contributed by atoms with van der Waals surface area (Å²) >= 11 is 0.260. The Morgan fingerprint density at radius 3 is 2.50 bits per heavy atom. The van der Waals surface area contributed by atoms with Crippen molar-refractivity contribution in [2.45, 2.75) is 10.6 Å². The van der Waals surface area contributed by atoms with Gasteiger partial charge in [0.1, 0.15) is 5.69 Å². The Labute approximate surface area is 100 Å². The van der Waals surface area contributed by atoms with Gasteiger partial charge in [0, 0.05) is 11.1 Å². The highest BCUT2D eigenvalue weighted by Crippen LogP contribution is 2.19. The topological polar surface area (TPSA) is 88.0 Å². The Morgan fingerprint density at radius 2 is 1.94 bits per heavy atom. The Hall–Kier alpha value is -1.24. The fourth-order valence-electron chi connectivity index (χ4n) is 1.23. The fraction of sp³-hybridized carbons (Fsp3) is 0.100. The van der Waals surface area contributed by atoms with Crippen molar-refractivity contribution >= 4 is 33.3 Å². The molecule has 4 nitrogen and oxygen atoms in total.